The molecular weight excluding hydrogens is 317 g/mol. The standard InChI is InChI=1S/C16H14FN3O2S/c17-15-10-14(6-7-16(15)20-9-8-18-12-20)19-23(21,22)11-13-4-2-1-3-5-13/h1-10,12,19H,11H2. The largest absolute Gasteiger partial charge is 0.303 e. The van der Waals surface area contributed by atoms with E-state index in [1.54, 1.807) is 30.5 Å². The van der Waals surface area contributed by atoms with E-state index in [4.69, 9.17) is 0 Å². The second kappa shape index (κ2) is 6.21. The van der Waals surface area contributed by atoms with Gasteiger partial charge in [0.15, 0.2) is 0 Å². The number of halogens is 1. The zero-order chi connectivity index (χ0) is 16.3. The first-order valence-electron chi connectivity index (χ1n) is 6.86. The van der Waals surface area contributed by atoms with E-state index in [-0.39, 0.29) is 11.4 Å². The Balaban J connectivity index is 1.79. The molecule has 3 aromatic rings. The van der Waals surface area contributed by atoms with Crippen molar-refractivity contribution >= 4 is 15.7 Å². The van der Waals surface area contributed by atoms with Gasteiger partial charge in [-0.2, -0.15) is 0 Å². The third kappa shape index (κ3) is 3.75. The third-order valence-electron chi connectivity index (χ3n) is 3.20. The zero-order valence-electron chi connectivity index (χ0n) is 12.1. The second-order valence-electron chi connectivity index (χ2n) is 4.98. The summed E-state index contributed by atoms with van der Waals surface area (Å²) in [5.74, 6) is -0.707. The van der Waals surface area contributed by atoms with Crippen LogP contribution < -0.4 is 4.72 Å². The first kappa shape index (κ1) is 15.2. The molecular formula is C16H14FN3O2S. The van der Waals surface area contributed by atoms with Crippen LogP contribution in [-0.4, -0.2) is 18.0 Å². The summed E-state index contributed by atoms with van der Waals surface area (Å²) in [5.41, 5.74) is 1.14. The number of benzene rings is 2. The molecule has 1 N–H and O–H groups in total. The van der Waals surface area contributed by atoms with Crippen molar-refractivity contribution in [2.24, 2.45) is 0 Å². The fourth-order valence-electron chi connectivity index (χ4n) is 2.19. The molecule has 0 unspecified atom stereocenters. The number of nitrogens with zero attached hydrogens (tertiary/aromatic N) is 2. The van der Waals surface area contributed by atoms with E-state index >= 15 is 0 Å². The summed E-state index contributed by atoms with van der Waals surface area (Å²) in [6.07, 6.45) is 4.62. The monoisotopic (exact) mass is 331 g/mol. The average Bonchev–Trinajstić information content (AvgIpc) is 3.01. The Morgan fingerprint density at radius 1 is 1.13 bits per heavy atom. The summed E-state index contributed by atoms with van der Waals surface area (Å²) < 4.78 is 42.3. The maximum absolute atomic E-state index is 14.1. The van der Waals surface area contributed by atoms with Crippen molar-refractivity contribution in [2.75, 3.05) is 4.72 Å². The van der Waals surface area contributed by atoms with Crippen LogP contribution in [0.4, 0.5) is 10.1 Å². The van der Waals surface area contributed by atoms with E-state index in [2.05, 4.69) is 9.71 Å². The third-order valence-corrected chi connectivity index (χ3v) is 4.46. The number of rotatable bonds is 5. The molecule has 0 saturated heterocycles. The molecule has 1 heterocycles. The molecule has 23 heavy (non-hydrogen) atoms. The van der Waals surface area contributed by atoms with Crippen LogP contribution in [0.2, 0.25) is 0 Å². The van der Waals surface area contributed by atoms with Gasteiger partial charge in [-0.05, 0) is 17.7 Å². The molecule has 0 radical (unpaired) electrons. The summed E-state index contributed by atoms with van der Waals surface area (Å²) in [6, 6.07) is 13.0. The minimum absolute atomic E-state index is 0.168. The lowest BCUT2D eigenvalue weighted by molar-refractivity contribution is 0.600. The predicted molar refractivity (Wildman–Crippen MR) is 86.2 cm³/mol. The Hall–Kier alpha value is -2.67. The number of aromatic nitrogens is 2. The van der Waals surface area contributed by atoms with Crippen molar-refractivity contribution in [3.8, 4) is 5.69 Å². The van der Waals surface area contributed by atoms with E-state index in [9.17, 15) is 12.8 Å². The molecule has 0 spiro atoms. The second-order valence-corrected chi connectivity index (χ2v) is 6.71. The Bertz CT molecular complexity index is 894. The highest BCUT2D eigenvalue weighted by Gasteiger charge is 2.13. The van der Waals surface area contributed by atoms with Crippen molar-refractivity contribution in [1.29, 1.82) is 0 Å². The molecule has 2 aromatic carbocycles. The van der Waals surface area contributed by atoms with Crippen molar-refractivity contribution in [3.05, 3.63) is 78.6 Å². The van der Waals surface area contributed by atoms with Gasteiger partial charge < -0.3 is 4.57 Å². The van der Waals surface area contributed by atoms with E-state index in [1.807, 2.05) is 6.07 Å². The van der Waals surface area contributed by atoms with Gasteiger partial charge in [0.25, 0.3) is 0 Å². The van der Waals surface area contributed by atoms with Crippen LogP contribution in [0.25, 0.3) is 5.69 Å². The molecule has 7 heteroatoms. The number of nitrogens with one attached hydrogen (secondary N) is 1. The summed E-state index contributed by atoms with van der Waals surface area (Å²) in [7, 11) is -3.61. The molecule has 118 valence electrons. The van der Waals surface area contributed by atoms with Gasteiger partial charge in [0.1, 0.15) is 5.82 Å². The van der Waals surface area contributed by atoms with Crippen LogP contribution in [0.1, 0.15) is 5.56 Å². The first-order chi connectivity index (χ1) is 11.0. The minimum atomic E-state index is -3.61. The molecule has 1 aromatic heterocycles. The van der Waals surface area contributed by atoms with E-state index < -0.39 is 15.8 Å². The molecule has 0 aliphatic heterocycles. The van der Waals surface area contributed by atoms with Gasteiger partial charge in [0.2, 0.25) is 10.0 Å². The van der Waals surface area contributed by atoms with Gasteiger partial charge in [-0.25, -0.2) is 17.8 Å². The summed E-state index contributed by atoms with van der Waals surface area (Å²) in [4.78, 5) is 3.85. The Morgan fingerprint density at radius 2 is 1.91 bits per heavy atom. The number of imidazole rings is 1. The smallest absolute Gasteiger partial charge is 0.236 e. The lowest BCUT2D eigenvalue weighted by Crippen LogP contribution is -2.15. The topological polar surface area (TPSA) is 64.0 Å². The molecule has 0 saturated carbocycles. The van der Waals surface area contributed by atoms with E-state index in [1.165, 1.54) is 29.2 Å². The highest BCUT2D eigenvalue weighted by atomic mass is 32.2. The van der Waals surface area contributed by atoms with Crippen molar-refractivity contribution in [1.82, 2.24) is 9.55 Å². The van der Waals surface area contributed by atoms with Crippen LogP contribution in [0, 0.1) is 5.82 Å². The van der Waals surface area contributed by atoms with Crippen LogP contribution in [0.5, 0.6) is 0 Å². The zero-order valence-corrected chi connectivity index (χ0v) is 12.9. The molecule has 0 bridgehead atoms. The molecule has 0 amide bonds. The summed E-state index contributed by atoms with van der Waals surface area (Å²) >= 11 is 0. The fraction of sp³-hybridized carbons (Fsp3) is 0.0625. The van der Waals surface area contributed by atoms with Gasteiger partial charge in [0.05, 0.1) is 23.5 Å². The van der Waals surface area contributed by atoms with E-state index in [0.29, 0.717) is 11.3 Å². The van der Waals surface area contributed by atoms with Crippen LogP contribution >= 0.6 is 0 Å². The minimum Gasteiger partial charge on any atom is -0.303 e. The van der Waals surface area contributed by atoms with Crippen LogP contribution in [-0.2, 0) is 15.8 Å². The number of sulfonamides is 1. The number of hydrogen-bond acceptors (Lipinski definition) is 3. The normalized spacial score (nSPS) is 11.3. The first-order valence-corrected chi connectivity index (χ1v) is 8.51. The van der Waals surface area contributed by atoms with Gasteiger partial charge in [-0.3, -0.25) is 4.72 Å². The molecule has 3 rings (SSSR count). The Kier molecular flexibility index (Phi) is 4.12. The van der Waals surface area contributed by atoms with Crippen LogP contribution in [0.15, 0.2) is 67.3 Å². The van der Waals surface area contributed by atoms with Gasteiger partial charge in [-0.1, -0.05) is 30.3 Å². The van der Waals surface area contributed by atoms with Gasteiger partial charge >= 0.3 is 0 Å². The van der Waals surface area contributed by atoms with E-state index in [0.717, 1.165) is 6.07 Å². The van der Waals surface area contributed by atoms with Gasteiger partial charge in [-0.15, -0.1) is 0 Å². The van der Waals surface area contributed by atoms with Crippen molar-refractivity contribution < 1.29 is 12.8 Å². The number of hydrogen-bond donors (Lipinski definition) is 1. The lowest BCUT2D eigenvalue weighted by atomic mass is 10.2. The van der Waals surface area contributed by atoms with Gasteiger partial charge in [0, 0.05) is 18.5 Å². The molecule has 0 aliphatic carbocycles. The SMILES string of the molecule is O=S(=O)(Cc1ccccc1)Nc1ccc(-n2ccnc2)c(F)c1. The molecule has 0 aliphatic rings. The van der Waals surface area contributed by atoms with Crippen molar-refractivity contribution in [3.63, 3.8) is 0 Å². The number of anilines is 1. The lowest BCUT2D eigenvalue weighted by Gasteiger charge is -2.10. The van der Waals surface area contributed by atoms with Crippen LogP contribution in [0.3, 0.4) is 0 Å². The maximum Gasteiger partial charge on any atom is 0.236 e. The Morgan fingerprint density at radius 3 is 2.57 bits per heavy atom. The quantitative estimate of drug-likeness (QED) is 0.782. The Labute approximate surface area is 133 Å². The average molecular weight is 331 g/mol. The van der Waals surface area contributed by atoms with Crippen molar-refractivity contribution in [2.45, 2.75) is 5.75 Å². The molecule has 0 fully saturated rings. The predicted octanol–water partition coefficient (Wildman–Crippen LogP) is 2.95. The molecule has 5 nitrogen and oxygen atoms in total. The fourth-order valence-corrected chi connectivity index (χ4v) is 3.38. The molecule has 0 atom stereocenters. The highest BCUT2D eigenvalue weighted by Crippen LogP contribution is 2.19. The summed E-state index contributed by atoms with van der Waals surface area (Å²) in [6.45, 7) is 0. The highest BCUT2D eigenvalue weighted by molar-refractivity contribution is 7.91. The summed E-state index contributed by atoms with van der Waals surface area (Å²) in [5, 5.41) is 0. The maximum atomic E-state index is 14.1.